The third kappa shape index (κ3) is 4.00. The van der Waals surface area contributed by atoms with E-state index in [-0.39, 0.29) is 31.6 Å². The Bertz CT molecular complexity index is 600. The number of alkyl halides is 1. The largest absolute Gasteiger partial charge is 0.443 e. The van der Waals surface area contributed by atoms with Gasteiger partial charge in [0.05, 0.1) is 24.5 Å². The van der Waals surface area contributed by atoms with Crippen LogP contribution in [0.25, 0.3) is 0 Å². The second-order valence-corrected chi connectivity index (χ2v) is 5.59. The summed E-state index contributed by atoms with van der Waals surface area (Å²) < 4.78 is 32.9. The van der Waals surface area contributed by atoms with E-state index in [1.807, 2.05) is 6.92 Å². The van der Waals surface area contributed by atoms with Gasteiger partial charge >= 0.3 is 6.09 Å². The molecule has 6 nitrogen and oxygen atoms in total. The van der Waals surface area contributed by atoms with Gasteiger partial charge in [0.15, 0.2) is 12.5 Å². The Balaban J connectivity index is 2.21. The number of halogens is 2. The highest BCUT2D eigenvalue weighted by Gasteiger charge is 2.32. The van der Waals surface area contributed by atoms with Crippen LogP contribution in [0, 0.1) is 5.82 Å². The second kappa shape index (κ2) is 8.05. The average molecular weight is 341 g/mol. The number of rotatable bonds is 8. The van der Waals surface area contributed by atoms with Gasteiger partial charge < -0.3 is 20.2 Å². The number of cyclic esters (lactones) is 1. The van der Waals surface area contributed by atoms with Crippen molar-refractivity contribution in [3.8, 4) is 0 Å². The highest BCUT2D eigenvalue weighted by molar-refractivity contribution is 5.90. The zero-order valence-corrected chi connectivity index (χ0v) is 13.5. The van der Waals surface area contributed by atoms with Crippen molar-refractivity contribution in [1.29, 1.82) is 0 Å². The molecule has 0 aromatic heterocycles. The van der Waals surface area contributed by atoms with Crippen LogP contribution in [-0.2, 0) is 9.53 Å². The normalized spacial score (nSPS) is 18.4. The molecule has 1 saturated heterocycles. The summed E-state index contributed by atoms with van der Waals surface area (Å²) in [7, 11) is 0. The first-order valence-corrected chi connectivity index (χ1v) is 7.82. The number of nitrogens with two attached hydrogens (primary N) is 1. The van der Waals surface area contributed by atoms with Gasteiger partial charge in [0.2, 0.25) is 0 Å². The van der Waals surface area contributed by atoms with Gasteiger partial charge in [-0.2, -0.15) is 0 Å². The van der Waals surface area contributed by atoms with Gasteiger partial charge in [-0.25, -0.2) is 13.6 Å². The maximum atomic E-state index is 14.5. The van der Waals surface area contributed by atoms with Crippen molar-refractivity contribution >= 4 is 23.8 Å². The Morgan fingerprint density at radius 1 is 1.54 bits per heavy atom. The molecular formula is C16H21F2N3O3. The number of anilines is 2. The lowest BCUT2D eigenvalue weighted by molar-refractivity contribution is -0.111. The molecule has 1 aromatic rings. The van der Waals surface area contributed by atoms with Crippen molar-refractivity contribution in [2.45, 2.75) is 25.6 Å². The fraction of sp³-hybridized carbons (Fsp3) is 0.500. The van der Waals surface area contributed by atoms with E-state index >= 15 is 0 Å². The summed E-state index contributed by atoms with van der Waals surface area (Å²) in [4.78, 5) is 25.1. The van der Waals surface area contributed by atoms with Gasteiger partial charge in [-0.05, 0) is 24.6 Å². The predicted molar refractivity (Wildman–Crippen MR) is 86.5 cm³/mol. The summed E-state index contributed by atoms with van der Waals surface area (Å²) in [6.45, 7) is 2.52. The lowest BCUT2D eigenvalue weighted by Crippen LogP contribution is -2.33. The minimum atomic E-state index is -1.69. The molecule has 2 rings (SSSR count). The monoisotopic (exact) mass is 341 g/mol. The molecule has 1 heterocycles. The lowest BCUT2D eigenvalue weighted by atomic mass is 10.2. The number of aldehydes is 1. The van der Waals surface area contributed by atoms with Gasteiger partial charge in [0, 0.05) is 13.1 Å². The number of ether oxygens (including phenoxy) is 1. The molecule has 1 amide bonds. The van der Waals surface area contributed by atoms with E-state index in [1.165, 1.54) is 21.9 Å². The van der Waals surface area contributed by atoms with Crippen molar-refractivity contribution in [3.63, 3.8) is 0 Å². The molecule has 0 saturated carbocycles. The van der Waals surface area contributed by atoms with E-state index in [1.54, 1.807) is 6.07 Å². The van der Waals surface area contributed by atoms with Crippen molar-refractivity contribution < 1.29 is 23.1 Å². The molecule has 0 bridgehead atoms. The van der Waals surface area contributed by atoms with Crippen LogP contribution in [-0.4, -0.2) is 50.8 Å². The standard InChI is InChI=1S/C16H21F2N3O3/c1-2-5-20(8-11(17)10-22)15-4-3-12(6-14(15)18)21-9-13(7-19)24-16(21)23/h3-4,6,10-11,13H,2,5,7-9,19H2,1H3. The Kier molecular flexibility index (Phi) is 6.08. The van der Waals surface area contributed by atoms with E-state index < -0.39 is 24.2 Å². The summed E-state index contributed by atoms with van der Waals surface area (Å²) in [5.74, 6) is -0.594. The van der Waals surface area contributed by atoms with Gasteiger partial charge in [0.25, 0.3) is 0 Å². The summed E-state index contributed by atoms with van der Waals surface area (Å²) in [5, 5.41) is 0. The minimum Gasteiger partial charge on any atom is -0.443 e. The highest BCUT2D eigenvalue weighted by Crippen LogP contribution is 2.28. The molecule has 1 aromatic carbocycles. The molecule has 0 spiro atoms. The van der Waals surface area contributed by atoms with E-state index in [0.717, 1.165) is 0 Å². The SMILES string of the molecule is CCCN(CC(F)C=O)c1ccc(N2CC(CN)OC2=O)cc1F. The van der Waals surface area contributed by atoms with Crippen molar-refractivity contribution in [1.82, 2.24) is 0 Å². The zero-order valence-electron chi connectivity index (χ0n) is 13.5. The van der Waals surface area contributed by atoms with E-state index in [0.29, 0.717) is 18.7 Å². The zero-order chi connectivity index (χ0) is 17.7. The van der Waals surface area contributed by atoms with Crippen LogP contribution >= 0.6 is 0 Å². The summed E-state index contributed by atoms with van der Waals surface area (Å²) in [6.07, 6.45) is -1.81. The smallest absolute Gasteiger partial charge is 0.414 e. The quantitative estimate of drug-likeness (QED) is 0.731. The molecule has 2 atom stereocenters. The Morgan fingerprint density at radius 3 is 2.83 bits per heavy atom. The third-order valence-electron chi connectivity index (χ3n) is 3.76. The lowest BCUT2D eigenvalue weighted by Gasteiger charge is -2.26. The number of hydrogen-bond donors (Lipinski definition) is 1. The molecule has 132 valence electrons. The fourth-order valence-corrected chi connectivity index (χ4v) is 2.61. The number of hydrogen-bond acceptors (Lipinski definition) is 5. The van der Waals surface area contributed by atoms with Crippen LogP contribution in [0.3, 0.4) is 0 Å². The van der Waals surface area contributed by atoms with Crippen LogP contribution in [0.1, 0.15) is 13.3 Å². The van der Waals surface area contributed by atoms with Crippen LogP contribution in [0.15, 0.2) is 18.2 Å². The number of nitrogens with zero attached hydrogens (tertiary/aromatic N) is 2. The maximum absolute atomic E-state index is 14.5. The van der Waals surface area contributed by atoms with Gasteiger partial charge in [0.1, 0.15) is 11.9 Å². The predicted octanol–water partition coefficient (Wildman–Crippen LogP) is 1.86. The summed E-state index contributed by atoms with van der Waals surface area (Å²) >= 11 is 0. The first-order valence-electron chi connectivity index (χ1n) is 7.82. The molecule has 8 heteroatoms. The first kappa shape index (κ1) is 18.1. The van der Waals surface area contributed by atoms with Gasteiger partial charge in [-0.3, -0.25) is 4.90 Å². The van der Waals surface area contributed by atoms with E-state index in [2.05, 4.69) is 0 Å². The number of benzene rings is 1. The number of carbonyl (C=O) groups excluding carboxylic acids is 2. The Labute approximate surface area is 139 Å². The molecule has 0 radical (unpaired) electrons. The van der Waals surface area contributed by atoms with Crippen molar-refractivity contribution in [2.75, 3.05) is 36.0 Å². The summed E-state index contributed by atoms with van der Waals surface area (Å²) in [5.41, 5.74) is 6.01. The van der Waals surface area contributed by atoms with Gasteiger partial charge in [-0.1, -0.05) is 6.92 Å². The number of carbonyl (C=O) groups is 2. The van der Waals surface area contributed by atoms with Crippen LogP contribution in [0.2, 0.25) is 0 Å². The minimum absolute atomic E-state index is 0.188. The van der Waals surface area contributed by atoms with Crippen LogP contribution in [0.5, 0.6) is 0 Å². The average Bonchev–Trinajstić information content (AvgIpc) is 2.95. The fourth-order valence-electron chi connectivity index (χ4n) is 2.61. The molecule has 2 unspecified atom stereocenters. The van der Waals surface area contributed by atoms with Crippen LogP contribution in [0.4, 0.5) is 25.0 Å². The third-order valence-corrected chi connectivity index (χ3v) is 3.76. The van der Waals surface area contributed by atoms with E-state index in [4.69, 9.17) is 10.5 Å². The van der Waals surface area contributed by atoms with Crippen molar-refractivity contribution in [2.24, 2.45) is 5.73 Å². The molecule has 1 fully saturated rings. The van der Waals surface area contributed by atoms with E-state index in [9.17, 15) is 18.4 Å². The van der Waals surface area contributed by atoms with Gasteiger partial charge in [-0.15, -0.1) is 0 Å². The van der Waals surface area contributed by atoms with Crippen LogP contribution < -0.4 is 15.5 Å². The molecule has 1 aliphatic heterocycles. The van der Waals surface area contributed by atoms with Crippen molar-refractivity contribution in [3.05, 3.63) is 24.0 Å². The maximum Gasteiger partial charge on any atom is 0.414 e. The molecule has 2 N–H and O–H groups in total. The second-order valence-electron chi connectivity index (χ2n) is 5.59. The summed E-state index contributed by atoms with van der Waals surface area (Å²) in [6, 6.07) is 4.24. The molecular weight excluding hydrogens is 320 g/mol. The highest BCUT2D eigenvalue weighted by atomic mass is 19.1. The first-order chi connectivity index (χ1) is 11.5. The Morgan fingerprint density at radius 2 is 2.29 bits per heavy atom. The number of amides is 1. The Hall–Kier alpha value is -2.22. The molecule has 24 heavy (non-hydrogen) atoms. The molecule has 1 aliphatic rings. The topological polar surface area (TPSA) is 75.9 Å². The molecule has 0 aliphatic carbocycles.